The van der Waals surface area contributed by atoms with Gasteiger partial charge in [-0.25, -0.2) is 4.39 Å². The van der Waals surface area contributed by atoms with Gasteiger partial charge in [0.15, 0.2) is 0 Å². The average molecular weight is 332 g/mol. The van der Waals surface area contributed by atoms with Crippen molar-refractivity contribution in [3.05, 3.63) is 22.4 Å². The van der Waals surface area contributed by atoms with Crippen molar-refractivity contribution in [3.8, 4) is 0 Å². The molecule has 0 aliphatic carbocycles. The van der Waals surface area contributed by atoms with Crippen molar-refractivity contribution in [2.75, 3.05) is 36.4 Å². The van der Waals surface area contributed by atoms with E-state index in [-0.39, 0.29) is 11.7 Å². The predicted molar refractivity (Wildman–Crippen MR) is 74.0 cm³/mol. The number of nitrogens with zero attached hydrogens (tertiary/aromatic N) is 2. The minimum Gasteiger partial charge on any atom is -0.366 e. The normalized spacial score (nSPS) is 16.5. The fourth-order valence-electron chi connectivity index (χ4n) is 2.00. The summed E-state index contributed by atoms with van der Waals surface area (Å²) >= 11 is 3.22. The predicted octanol–water partition coefficient (Wildman–Crippen LogP) is 2.06. The molecule has 0 atom stereocenters. The van der Waals surface area contributed by atoms with Gasteiger partial charge < -0.3 is 15.4 Å². The lowest BCUT2D eigenvalue weighted by atomic mass is 10.2. The van der Waals surface area contributed by atoms with E-state index in [1.165, 1.54) is 18.1 Å². The lowest BCUT2D eigenvalue weighted by molar-refractivity contribution is -0.114. The molecule has 0 spiro atoms. The zero-order valence-corrected chi connectivity index (χ0v) is 12.1. The minimum absolute atomic E-state index is 0.210. The van der Waals surface area contributed by atoms with Gasteiger partial charge >= 0.3 is 0 Å². The minimum atomic E-state index is -0.354. The number of benzene rings is 1. The van der Waals surface area contributed by atoms with Gasteiger partial charge in [0.25, 0.3) is 0 Å². The highest BCUT2D eigenvalue weighted by molar-refractivity contribution is 9.10. The molecule has 104 valence electrons. The second-order valence-corrected chi connectivity index (χ2v) is 5.26. The number of carbonyl (C=O) groups excluding carboxylic acids is 1. The number of anilines is 2. The van der Waals surface area contributed by atoms with E-state index in [1.54, 1.807) is 6.07 Å². The third-order valence-electron chi connectivity index (χ3n) is 2.94. The van der Waals surface area contributed by atoms with Gasteiger partial charge in [-0.2, -0.15) is 5.06 Å². The van der Waals surface area contributed by atoms with E-state index >= 15 is 0 Å². The molecule has 2 N–H and O–H groups in total. The summed E-state index contributed by atoms with van der Waals surface area (Å²) in [5.41, 5.74) is 0.968. The fourth-order valence-corrected chi connectivity index (χ4v) is 2.42. The van der Waals surface area contributed by atoms with Crippen LogP contribution in [-0.2, 0) is 4.79 Å². The highest BCUT2D eigenvalue weighted by Crippen LogP contribution is 2.31. The number of hydrogen-bond donors (Lipinski definition) is 2. The molecule has 1 aromatic rings. The molecule has 19 heavy (non-hydrogen) atoms. The van der Waals surface area contributed by atoms with E-state index in [1.807, 2.05) is 4.90 Å². The Morgan fingerprint density at radius 1 is 1.37 bits per heavy atom. The van der Waals surface area contributed by atoms with Gasteiger partial charge in [-0.1, -0.05) is 0 Å². The number of hydroxylamine groups is 2. The zero-order valence-electron chi connectivity index (χ0n) is 10.5. The van der Waals surface area contributed by atoms with Gasteiger partial charge in [0.1, 0.15) is 5.82 Å². The zero-order chi connectivity index (χ0) is 14.0. The molecule has 0 unspecified atom stereocenters. The van der Waals surface area contributed by atoms with E-state index in [0.29, 0.717) is 42.0 Å². The van der Waals surface area contributed by atoms with Crippen LogP contribution in [0.2, 0.25) is 0 Å². The quantitative estimate of drug-likeness (QED) is 0.871. The first-order chi connectivity index (χ1) is 8.97. The van der Waals surface area contributed by atoms with E-state index in [0.717, 1.165) is 0 Å². The van der Waals surface area contributed by atoms with Crippen LogP contribution >= 0.6 is 15.9 Å². The van der Waals surface area contributed by atoms with Crippen LogP contribution in [0, 0.1) is 5.82 Å². The van der Waals surface area contributed by atoms with Crippen LogP contribution in [-0.4, -0.2) is 42.4 Å². The summed E-state index contributed by atoms with van der Waals surface area (Å²) in [6, 6.07) is 2.94. The average Bonchev–Trinajstić information content (AvgIpc) is 2.33. The van der Waals surface area contributed by atoms with E-state index in [4.69, 9.17) is 0 Å². The first-order valence-electron chi connectivity index (χ1n) is 5.93. The first-order valence-corrected chi connectivity index (χ1v) is 6.72. The molecule has 1 aliphatic heterocycles. The third-order valence-corrected chi connectivity index (χ3v) is 3.60. The Hall–Kier alpha value is -1.18. The van der Waals surface area contributed by atoms with Crippen LogP contribution in [0.1, 0.15) is 6.92 Å². The SMILES string of the molecule is CC(=O)Nc1cc(N2CCN(O)CC2)c(F)cc1Br. The monoisotopic (exact) mass is 331 g/mol. The van der Waals surface area contributed by atoms with Gasteiger partial charge in [-0.3, -0.25) is 4.79 Å². The second kappa shape index (κ2) is 5.85. The number of amides is 1. The summed E-state index contributed by atoms with van der Waals surface area (Å²) in [6.45, 7) is 3.40. The highest BCUT2D eigenvalue weighted by Gasteiger charge is 2.20. The Bertz CT molecular complexity index is 490. The van der Waals surface area contributed by atoms with Crippen LogP contribution in [0.15, 0.2) is 16.6 Å². The second-order valence-electron chi connectivity index (χ2n) is 4.41. The van der Waals surface area contributed by atoms with Gasteiger partial charge in [0, 0.05) is 37.6 Å². The van der Waals surface area contributed by atoms with Crippen LogP contribution in [0.4, 0.5) is 15.8 Å². The van der Waals surface area contributed by atoms with E-state index < -0.39 is 0 Å². The Balaban J connectivity index is 2.26. The standard InChI is InChI=1S/C12H15BrFN3O2/c1-8(18)15-11-7-12(10(14)6-9(11)13)16-2-4-17(19)5-3-16/h6-7,19H,2-5H2,1H3,(H,15,18). The maximum atomic E-state index is 14.0. The summed E-state index contributed by atoms with van der Waals surface area (Å²) in [4.78, 5) is 12.9. The van der Waals surface area contributed by atoms with Crippen molar-refractivity contribution in [2.24, 2.45) is 0 Å². The lowest BCUT2D eigenvalue weighted by Crippen LogP contribution is -2.45. The molecule has 0 saturated carbocycles. The molecule has 0 radical (unpaired) electrons. The van der Waals surface area contributed by atoms with E-state index in [2.05, 4.69) is 21.2 Å². The van der Waals surface area contributed by atoms with Gasteiger partial charge in [0.05, 0.1) is 11.4 Å². The summed E-state index contributed by atoms with van der Waals surface area (Å²) in [7, 11) is 0. The molecule has 1 aliphatic rings. The molecular formula is C12H15BrFN3O2. The molecule has 7 heteroatoms. The number of hydrogen-bond acceptors (Lipinski definition) is 4. The van der Waals surface area contributed by atoms with Crippen LogP contribution < -0.4 is 10.2 Å². The molecule has 1 saturated heterocycles. The van der Waals surface area contributed by atoms with Crippen molar-refractivity contribution in [1.82, 2.24) is 5.06 Å². The first kappa shape index (κ1) is 14.2. The molecular weight excluding hydrogens is 317 g/mol. The Kier molecular flexibility index (Phi) is 4.38. The van der Waals surface area contributed by atoms with Crippen LogP contribution in [0.3, 0.4) is 0 Å². The largest absolute Gasteiger partial charge is 0.366 e. The van der Waals surface area contributed by atoms with Gasteiger partial charge in [-0.15, -0.1) is 0 Å². The molecule has 0 aromatic heterocycles. The Morgan fingerprint density at radius 3 is 2.58 bits per heavy atom. The van der Waals surface area contributed by atoms with Crippen molar-refractivity contribution in [1.29, 1.82) is 0 Å². The maximum Gasteiger partial charge on any atom is 0.221 e. The Labute approximate surface area is 119 Å². The molecule has 2 rings (SSSR count). The number of rotatable bonds is 2. The number of nitrogens with one attached hydrogen (secondary N) is 1. The molecule has 0 bridgehead atoms. The van der Waals surface area contributed by atoms with Crippen LogP contribution in [0.25, 0.3) is 0 Å². The van der Waals surface area contributed by atoms with Crippen molar-refractivity contribution in [2.45, 2.75) is 6.92 Å². The molecule has 5 nitrogen and oxygen atoms in total. The van der Waals surface area contributed by atoms with Crippen molar-refractivity contribution < 1.29 is 14.4 Å². The van der Waals surface area contributed by atoms with Gasteiger partial charge in [-0.05, 0) is 28.1 Å². The summed E-state index contributed by atoms with van der Waals surface area (Å²) < 4.78 is 14.5. The highest BCUT2D eigenvalue weighted by atomic mass is 79.9. The maximum absolute atomic E-state index is 14.0. The summed E-state index contributed by atoms with van der Waals surface area (Å²) in [5.74, 6) is -0.564. The summed E-state index contributed by atoms with van der Waals surface area (Å²) in [6.07, 6.45) is 0. The molecule has 1 aromatic carbocycles. The molecule has 1 amide bonds. The molecule has 1 fully saturated rings. The Morgan fingerprint density at radius 2 is 2.00 bits per heavy atom. The van der Waals surface area contributed by atoms with Crippen LogP contribution in [0.5, 0.6) is 0 Å². The number of piperazine rings is 1. The van der Waals surface area contributed by atoms with Gasteiger partial charge in [0.2, 0.25) is 5.91 Å². The number of carbonyl (C=O) groups is 1. The fraction of sp³-hybridized carbons (Fsp3) is 0.417. The summed E-state index contributed by atoms with van der Waals surface area (Å²) in [5, 5.41) is 13.2. The number of halogens is 2. The van der Waals surface area contributed by atoms with Crippen molar-refractivity contribution >= 4 is 33.2 Å². The lowest BCUT2D eigenvalue weighted by Gasteiger charge is -2.33. The third kappa shape index (κ3) is 3.43. The topological polar surface area (TPSA) is 55.8 Å². The van der Waals surface area contributed by atoms with E-state index in [9.17, 15) is 14.4 Å². The van der Waals surface area contributed by atoms with Crippen molar-refractivity contribution in [3.63, 3.8) is 0 Å². The molecule has 1 heterocycles. The smallest absolute Gasteiger partial charge is 0.221 e.